The molecule has 5 heteroatoms. The lowest BCUT2D eigenvalue weighted by Gasteiger charge is -2.14. The second kappa shape index (κ2) is 5.42. The molecule has 3 aromatic rings. The maximum absolute atomic E-state index is 4.39. The maximum atomic E-state index is 4.39. The molecule has 4 nitrogen and oxygen atoms in total. The van der Waals surface area contributed by atoms with Crippen LogP contribution in [0.1, 0.15) is 17.3 Å². The number of fused-ring (bicyclic) bond motifs is 1. The molecule has 2 heterocycles. The number of benzene rings is 1. The van der Waals surface area contributed by atoms with Gasteiger partial charge >= 0.3 is 0 Å². The number of nitrogens with zero attached hydrogens (tertiary/aromatic N) is 3. The molecule has 0 saturated heterocycles. The zero-order valence-corrected chi connectivity index (χ0v) is 11.4. The molecule has 0 aliphatic rings. The van der Waals surface area contributed by atoms with Crippen molar-refractivity contribution in [2.45, 2.75) is 12.5 Å². The fourth-order valence-electron chi connectivity index (χ4n) is 2.23. The summed E-state index contributed by atoms with van der Waals surface area (Å²) in [5.41, 5.74) is 3.30. The van der Waals surface area contributed by atoms with E-state index >= 15 is 0 Å². The molecule has 0 amide bonds. The second-order valence-electron chi connectivity index (χ2n) is 4.36. The van der Waals surface area contributed by atoms with Crippen LogP contribution in [0.15, 0.2) is 41.9 Å². The number of likely N-dealkylation sites (N-methyl/N-ethyl adjacent to an activating group) is 1. The van der Waals surface area contributed by atoms with E-state index in [-0.39, 0.29) is 6.04 Å². The zero-order valence-electron chi connectivity index (χ0n) is 10.6. The molecule has 1 aromatic carbocycles. The van der Waals surface area contributed by atoms with Crippen LogP contribution in [0, 0.1) is 0 Å². The normalized spacial score (nSPS) is 12.7. The summed E-state index contributed by atoms with van der Waals surface area (Å²) in [5.74, 6) is 0. The lowest BCUT2D eigenvalue weighted by molar-refractivity contribution is 0.576. The van der Waals surface area contributed by atoms with Gasteiger partial charge < -0.3 is 5.32 Å². The molecule has 0 saturated carbocycles. The number of rotatable bonds is 4. The Balaban J connectivity index is 1.96. The molecule has 2 aromatic heterocycles. The van der Waals surface area contributed by atoms with E-state index in [1.165, 1.54) is 22.5 Å². The number of hydrogen-bond acceptors (Lipinski definition) is 5. The average molecular weight is 270 g/mol. The van der Waals surface area contributed by atoms with E-state index in [0.29, 0.717) is 0 Å². The molecule has 0 bridgehead atoms. The van der Waals surface area contributed by atoms with Gasteiger partial charge in [-0.15, -0.1) is 5.10 Å². The van der Waals surface area contributed by atoms with E-state index in [1.807, 2.05) is 36.8 Å². The Hall–Kier alpha value is -1.85. The molecular formula is C14H14N4S. The van der Waals surface area contributed by atoms with Crippen molar-refractivity contribution in [3.8, 4) is 0 Å². The van der Waals surface area contributed by atoms with Crippen LogP contribution in [-0.2, 0) is 6.42 Å². The van der Waals surface area contributed by atoms with Crippen LogP contribution in [-0.4, -0.2) is 21.6 Å². The Labute approximate surface area is 115 Å². The molecule has 19 heavy (non-hydrogen) atoms. The van der Waals surface area contributed by atoms with Gasteiger partial charge in [0.1, 0.15) is 0 Å². The summed E-state index contributed by atoms with van der Waals surface area (Å²) >= 11 is 1.38. The Morgan fingerprint density at radius 3 is 2.95 bits per heavy atom. The number of hydrogen-bond donors (Lipinski definition) is 1. The van der Waals surface area contributed by atoms with E-state index < -0.39 is 0 Å². The fourth-order valence-corrected chi connectivity index (χ4v) is 2.74. The molecule has 96 valence electrons. The topological polar surface area (TPSA) is 50.7 Å². The standard InChI is InChI=1S/C14H14N4S/c1-15-13(14-9-19-18-17-14)8-10-6-7-16-12-5-3-2-4-11(10)12/h2-7,9,13,15H,8H2,1H3. The van der Waals surface area contributed by atoms with Crippen molar-refractivity contribution in [3.05, 3.63) is 53.2 Å². The predicted molar refractivity (Wildman–Crippen MR) is 77.2 cm³/mol. The van der Waals surface area contributed by atoms with Gasteiger partial charge in [0.2, 0.25) is 0 Å². The van der Waals surface area contributed by atoms with E-state index in [0.717, 1.165) is 17.6 Å². The molecule has 0 aliphatic carbocycles. The number of nitrogens with one attached hydrogen (secondary N) is 1. The van der Waals surface area contributed by atoms with Crippen LogP contribution >= 0.6 is 11.5 Å². The molecule has 0 aliphatic heterocycles. The van der Waals surface area contributed by atoms with E-state index in [2.05, 4.69) is 32.0 Å². The molecule has 0 spiro atoms. The summed E-state index contributed by atoms with van der Waals surface area (Å²) in [5, 5.41) is 10.6. The van der Waals surface area contributed by atoms with Gasteiger partial charge in [-0.25, -0.2) is 0 Å². The van der Waals surface area contributed by atoms with Crippen LogP contribution in [0.4, 0.5) is 0 Å². The van der Waals surface area contributed by atoms with Crippen molar-refractivity contribution in [1.82, 2.24) is 19.9 Å². The molecule has 1 unspecified atom stereocenters. The number of aromatic nitrogens is 3. The van der Waals surface area contributed by atoms with Crippen LogP contribution in [0.25, 0.3) is 10.9 Å². The molecule has 1 atom stereocenters. The second-order valence-corrected chi connectivity index (χ2v) is 4.97. The average Bonchev–Trinajstić information content (AvgIpc) is 2.99. The third-order valence-electron chi connectivity index (χ3n) is 3.25. The van der Waals surface area contributed by atoms with Crippen molar-refractivity contribution in [3.63, 3.8) is 0 Å². The minimum atomic E-state index is 0.185. The summed E-state index contributed by atoms with van der Waals surface area (Å²) in [6.45, 7) is 0. The number of para-hydroxylation sites is 1. The zero-order chi connectivity index (χ0) is 13.1. The van der Waals surface area contributed by atoms with Crippen molar-refractivity contribution in [2.75, 3.05) is 7.05 Å². The summed E-state index contributed by atoms with van der Waals surface area (Å²) in [6.07, 6.45) is 2.74. The Kier molecular flexibility index (Phi) is 3.48. The van der Waals surface area contributed by atoms with Gasteiger partial charge in [-0.2, -0.15) is 0 Å². The molecule has 0 fully saturated rings. The van der Waals surface area contributed by atoms with Crippen LogP contribution in [0.5, 0.6) is 0 Å². The van der Waals surface area contributed by atoms with Gasteiger partial charge in [-0.05, 0) is 42.7 Å². The fraction of sp³-hybridized carbons (Fsp3) is 0.214. The van der Waals surface area contributed by atoms with E-state index in [9.17, 15) is 0 Å². The van der Waals surface area contributed by atoms with Crippen LogP contribution in [0.3, 0.4) is 0 Å². The van der Waals surface area contributed by atoms with Gasteiger partial charge in [0.15, 0.2) is 0 Å². The first-order valence-corrected chi connectivity index (χ1v) is 6.99. The van der Waals surface area contributed by atoms with Crippen LogP contribution < -0.4 is 5.32 Å². The summed E-state index contributed by atoms with van der Waals surface area (Å²) in [4.78, 5) is 4.39. The minimum absolute atomic E-state index is 0.185. The first-order chi connectivity index (χ1) is 9.38. The van der Waals surface area contributed by atoms with Crippen molar-refractivity contribution < 1.29 is 0 Å². The largest absolute Gasteiger partial charge is 0.311 e. The summed E-state index contributed by atoms with van der Waals surface area (Å²) < 4.78 is 3.93. The highest BCUT2D eigenvalue weighted by molar-refractivity contribution is 7.03. The SMILES string of the molecule is CNC(Cc1ccnc2ccccc12)c1csnn1. The smallest absolute Gasteiger partial charge is 0.0928 e. The molecule has 1 N–H and O–H groups in total. The van der Waals surface area contributed by atoms with Gasteiger partial charge in [0.25, 0.3) is 0 Å². The highest BCUT2D eigenvalue weighted by atomic mass is 32.1. The highest BCUT2D eigenvalue weighted by Gasteiger charge is 2.14. The first-order valence-electron chi connectivity index (χ1n) is 6.15. The third-order valence-corrected chi connectivity index (χ3v) is 3.77. The lowest BCUT2D eigenvalue weighted by atomic mass is 10.0. The predicted octanol–water partition coefficient (Wildman–Crippen LogP) is 2.59. The van der Waals surface area contributed by atoms with E-state index in [1.54, 1.807) is 0 Å². The molecular weight excluding hydrogens is 256 g/mol. The monoisotopic (exact) mass is 270 g/mol. The third kappa shape index (κ3) is 2.47. The van der Waals surface area contributed by atoms with Gasteiger partial charge in [0, 0.05) is 17.0 Å². The first kappa shape index (κ1) is 12.2. The molecule has 0 radical (unpaired) electrons. The Morgan fingerprint density at radius 2 is 2.16 bits per heavy atom. The van der Waals surface area contributed by atoms with Gasteiger partial charge in [-0.1, -0.05) is 22.7 Å². The van der Waals surface area contributed by atoms with Crippen molar-refractivity contribution in [2.24, 2.45) is 0 Å². The van der Waals surface area contributed by atoms with Crippen LogP contribution in [0.2, 0.25) is 0 Å². The van der Waals surface area contributed by atoms with Crippen molar-refractivity contribution in [1.29, 1.82) is 0 Å². The minimum Gasteiger partial charge on any atom is -0.311 e. The van der Waals surface area contributed by atoms with Gasteiger partial charge in [0.05, 0.1) is 17.3 Å². The Bertz CT molecular complexity index is 661. The maximum Gasteiger partial charge on any atom is 0.0928 e. The quantitative estimate of drug-likeness (QED) is 0.791. The number of pyridine rings is 1. The van der Waals surface area contributed by atoms with E-state index in [4.69, 9.17) is 0 Å². The van der Waals surface area contributed by atoms with Crippen molar-refractivity contribution >= 4 is 22.4 Å². The Morgan fingerprint density at radius 1 is 1.26 bits per heavy atom. The highest BCUT2D eigenvalue weighted by Crippen LogP contribution is 2.22. The lowest BCUT2D eigenvalue weighted by Crippen LogP contribution is -2.19. The molecule has 3 rings (SSSR count). The summed E-state index contributed by atoms with van der Waals surface area (Å²) in [7, 11) is 1.95. The summed E-state index contributed by atoms with van der Waals surface area (Å²) in [6, 6.07) is 10.5. The van der Waals surface area contributed by atoms with Gasteiger partial charge in [-0.3, -0.25) is 4.98 Å².